The van der Waals surface area contributed by atoms with E-state index in [-0.39, 0.29) is 11.3 Å². The van der Waals surface area contributed by atoms with Crippen molar-refractivity contribution in [3.63, 3.8) is 0 Å². The highest BCUT2D eigenvalue weighted by Crippen LogP contribution is 2.35. The first-order valence-electron chi connectivity index (χ1n) is 7.74. The van der Waals surface area contributed by atoms with E-state index in [0.717, 1.165) is 12.1 Å². The van der Waals surface area contributed by atoms with Gasteiger partial charge in [-0.15, -0.1) is 0 Å². The maximum Gasteiger partial charge on any atom is 0.229 e. The molecule has 0 aliphatic carbocycles. The van der Waals surface area contributed by atoms with Gasteiger partial charge in [0.2, 0.25) is 6.29 Å². The molecule has 25 heavy (non-hydrogen) atoms. The third-order valence-electron chi connectivity index (χ3n) is 3.94. The number of aliphatic hydroxyl groups is 4. The Bertz CT molecular complexity index is 605. The quantitative estimate of drug-likeness (QED) is 0.368. The van der Waals surface area contributed by atoms with Gasteiger partial charge in [0.25, 0.3) is 0 Å². The fourth-order valence-corrected chi connectivity index (χ4v) is 2.49. The molecule has 0 amide bonds. The van der Waals surface area contributed by atoms with Crippen LogP contribution in [-0.4, -0.2) is 73.7 Å². The van der Waals surface area contributed by atoms with Crippen LogP contribution in [0.25, 0.3) is 0 Å². The van der Waals surface area contributed by atoms with E-state index in [2.05, 4.69) is 0 Å². The van der Waals surface area contributed by atoms with E-state index < -0.39 is 60.5 Å². The summed E-state index contributed by atoms with van der Waals surface area (Å²) in [6.07, 6.45) is -7.43. The second-order valence-electron chi connectivity index (χ2n) is 6.17. The molecule has 1 aliphatic rings. The van der Waals surface area contributed by atoms with Gasteiger partial charge in [0, 0.05) is 18.1 Å². The fraction of sp³-hybridized carbons (Fsp3) is 0.562. The highest BCUT2D eigenvalue weighted by Gasteiger charge is 2.44. The minimum Gasteiger partial charge on any atom is -0.507 e. The number of Topliss-reactive ketones (excluding diaryl/α,β-unsaturated/α-hetero) is 1. The Hall–Kier alpha value is -1.91. The molecule has 0 saturated carbocycles. The number of aromatic hydroxyl groups is 2. The molecule has 5 atom stereocenters. The van der Waals surface area contributed by atoms with Gasteiger partial charge in [-0.3, -0.25) is 4.79 Å². The third kappa shape index (κ3) is 3.86. The minimum absolute atomic E-state index is 0.139. The fourth-order valence-electron chi connectivity index (χ4n) is 2.49. The van der Waals surface area contributed by atoms with Crippen LogP contribution in [0.2, 0.25) is 0 Å². The van der Waals surface area contributed by atoms with Gasteiger partial charge in [-0.2, -0.15) is 0 Å². The lowest BCUT2D eigenvalue weighted by Crippen LogP contribution is -2.60. The Labute approximate surface area is 143 Å². The van der Waals surface area contributed by atoms with Crippen molar-refractivity contribution in [1.29, 1.82) is 0 Å². The Morgan fingerprint density at radius 2 is 1.68 bits per heavy atom. The van der Waals surface area contributed by atoms with E-state index in [9.17, 15) is 30.3 Å². The summed E-state index contributed by atoms with van der Waals surface area (Å²) in [5.74, 6) is -2.08. The van der Waals surface area contributed by atoms with Gasteiger partial charge in [0.05, 0.1) is 6.61 Å². The van der Waals surface area contributed by atoms with Crippen LogP contribution in [0, 0.1) is 5.92 Å². The van der Waals surface area contributed by atoms with E-state index in [4.69, 9.17) is 14.6 Å². The Morgan fingerprint density at radius 3 is 2.16 bits per heavy atom. The van der Waals surface area contributed by atoms with Gasteiger partial charge in [0.1, 0.15) is 47.2 Å². The maximum absolute atomic E-state index is 12.0. The topological polar surface area (TPSA) is 157 Å². The van der Waals surface area contributed by atoms with Gasteiger partial charge >= 0.3 is 0 Å². The summed E-state index contributed by atoms with van der Waals surface area (Å²) in [5, 5.41) is 58.5. The van der Waals surface area contributed by atoms with Crippen LogP contribution < -0.4 is 4.74 Å². The molecule has 1 aromatic rings. The molecule has 1 aromatic carbocycles. The zero-order valence-electron chi connectivity index (χ0n) is 13.7. The number of ketones is 1. The molecular formula is C16H22O9. The van der Waals surface area contributed by atoms with Crippen molar-refractivity contribution in [2.45, 2.75) is 44.6 Å². The van der Waals surface area contributed by atoms with Crippen molar-refractivity contribution in [2.75, 3.05) is 6.61 Å². The summed E-state index contributed by atoms with van der Waals surface area (Å²) in [6.45, 7) is 2.60. The zero-order chi connectivity index (χ0) is 18.9. The third-order valence-corrected chi connectivity index (χ3v) is 3.94. The summed E-state index contributed by atoms with van der Waals surface area (Å²) < 4.78 is 10.5. The summed E-state index contributed by atoms with van der Waals surface area (Å²) in [7, 11) is 0. The average molecular weight is 358 g/mol. The van der Waals surface area contributed by atoms with Gasteiger partial charge in [0.15, 0.2) is 5.78 Å². The molecule has 0 aromatic heterocycles. The van der Waals surface area contributed by atoms with Crippen molar-refractivity contribution < 1.29 is 44.9 Å². The normalized spacial score (nSPS) is 29.6. The summed E-state index contributed by atoms with van der Waals surface area (Å²) >= 11 is 0. The molecule has 2 rings (SSSR count). The molecule has 1 saturated heterocycles. The number of hydrogen-bond acceptors (Lipinski definition) is 9. The van der Waals surface area contributed by atoms with Crippen molar-refractivity contribution >= 4 is 5.78 Å². The Balaban J connectivity index is 2.24. The molecule has 0 radical (unpaired) electrons. The molecule has 9 heteroatoms. The SMILES string of the molecule is CC(C)C(=O)c1c(O)cc(OC2OC(CO)C(O)C(O)C2O)cc1O. The van der Waals surface area contributed by atoms with Gasteiger partial charge in [-0.05, 0) is 0 Å². The first-order chi connectivity index (χ1) is 11.7. The van der Waals surface area contributed by atoms with Crippen molar-refractivity contribution in [1.82, 2.24) is 0 Å². The van der Waals surface area contributed by atoms with E-state index >= 15 is 0 Å². The zero-order valence-corrected chi connectivity index (χ0v) is 13.7. The largest absolute Gasteiger partial charge is 0.507 e. The smallest absolute Gasteiger partial charge is 0.229 e. The molecule has 0 bridgehead atoms. The van der Waals surface area contributed by atoms with Crippen molar-refractivity contribution in [2.24, 2.45) is 5.92 Å². The minimum atomic E-state index is -1.64. The lowest BCUT2D eigenvalue weighted by molar-refractivity contribution is -0.277. The van der Waals surface area contributed by atoms with E-state index in [1.165, 1.54) is 0 Å². The number of phenols is 2. The lowest BCUT2D eigenvalue weighted by Gasteiger charge is -2.39. The Morgan fingerprint density at radius 1 is 1.12 bits per heavy atom. The lowest BCUT2D eigenvalue weighted by atomic mass is 9.98. The number of rotatable bonds is 5. The average Bonchev–Trinajstić information content (AvgIpc) is 2.54. The predicted octanol–water partition coefficient (Wildman–Crippen LogP) is -0.885. The molecule has 5 unspecified atom stereocenters. The molecule has 1 aliphatic heterocycles. The highest BCUT2D eigenvalue weighted by molar-refractivity contribution is 6.02. The highest BCUT2D eigenvalue weighted by atomic mass is 16.7. The van der Waals surface area contributed by atoms with Crippen LogP contribution in [0.5, 0.6) is 17.2 Å². The van der Waals surface area contributed by atoms with Crippen molar-refractivity contribution in [3.05, 3.63) is 17.7 Å². The number of ether oxygens (including phenoxy) is 2. The second kappa shape index (κ2) is 7.54. The van der Waals surface area contributed by atoms with Crippen LogP contribution in [0.4, 0.5) is 0 Å². The Kier molecular flexibility index (Phi) is 5.86. The standard InChI is InChI=1S/C16H22O9/c1-6(2)12(20)11-8(18)3-7(4-9(11)19)24-16-15(23)14(22)13(21)10(5-17)25-16/h3-4,6,10,13-19,21-23H,5H2,1-2H3. The summed E-state index contributed by atoms with van der Waals surface area (Å²) in [6, 6.07) is 2.10. The first-order valence-corrected chi connectivity index (χ1v) is 7.74. The summed E-state index contributed by atoms with van der Waals surface area (Å²) in [5.41, 5.74) is -0.254. The van der Waals surface area contributed by atoms with E-state index in [1.807, 2.05) is 0 Å². The maximum atomic E-state index is 12.0. The van der Waals surface area contributed by atoms with Gasteiger partial charge in [-0.25, -0.2) is 0 Å². The second-order valence-corrected chi connectivity index (χ2v) is 6.17. The monoisotopic (exact) mass is 358 g/mol. The van der Waals surface area contributed by atoms with Crippen LogP contribution in [0.1, 0.15) is 24.2 Å². The van der Waals surface area contributed by atoms with Crippen LogP contribution in [0.3, 0.4) is 0 Å². The number of carbonyl (C=O) groups is 1. The predicted molar refractivity (Wildman–Crippen MR) is 83.3 cm³/mol. The molecule has 1 heterocycles. The number of phenolic OH excluding ortho intramolecular Hbond substituents is 2. The van der Waals surface area contributed by atoms with E-state index in [0.29, 0.717) is 0 Å². The number of aliphatic hydroxyl groups excluding tert-OH is 4. The molecular weight excluding hydrogens is 336 g/mol. The molecule has 6 N–H and O–H groups in total. The number of carbonyl (C=O) groups excluding carboxylic acids is 1. The van der Waals surface area contributed by atoms with Gasteiger partial charge in [-0.1, -0.05) is 13.8 Å². The van der Waals surface area contributed by atoms with Crippen LogP contribution >= 0.6 is 0 Å². The van der Waals surface area contributed by atoms with Crippen LogP contribution in [-0.2, 0) is 4.74 Å². The van der Waals surface area contributed by atoms with Gasteiger partial charge < -0.3 is 40.1 Å². The number of hydrogen-bond donors (Lipinski definition) is 6. The molecule has 9 nitrogen and oxygen atoms in total. The number of benzene rings is 1. The van der Waals surface area contributed by atoms with E-state index in [1.54, 1.807) is 13.8 Å². The molecule has 140 valence electrons. The molecule has 1 fully saturated rings. The first kappa shape index (κ1) is 19.4. The summed E-state index contributed by atoms with van der Waals surface area (Å²) in [4.78, 5) is 12.0. The molecule has 0 spiro atoms. The van der Waals surface area contributed by atoms with Crippen LogP contribution in [0.15, 0.2) is 12.1 Å². The van der Waals surface area contributed by atoms with Crippen molar-refractivity contribution in [3.8, 4) is 17.2 Å².